The summed E-state index contributed by atoms with van der Waals surface area (Å²) < 4.78 is 12.0. The van der Waals surface area contributed by atoms with E-state index < -0.39 is 0 Å². The molecule has 0 saturated heterocycles. The molecule has 1 unspecified atom stereocenters. The second-order valence-corrected chi connectivity index (χ2v) is 5.67. The van der Waals surface area contributed by atoms with Gasteiger partial charge < -0.3 is 9.47 Å². The summed E-state index contributed by atoms with van der Waals surface area (Å²) in [6, 6.07) is 15.7. The second kappa shape index (κ2) is 7.86. The average molecular weight is 403 g/mol. The first-order valence-electron chi connectivity index (χ1n) is 6.29. The molecular weight excluding hydrogens is 387 g/mol. The van der Waals surface area contributed by atoms with Gasteiger partial charge in [-0.25, -0.2) is 0 Å². The largest absolute Gasteiger partial charge is 0.497 e. The highest BCUT2D eigenvalue weighted by molar-refractivity contribution is 14.1. The van der Waals surface area contributed by atoms with Crippen molar-refractivity contribution in [1.29, 1.82) is 0 Å². The Kier molecular flexibility index (Phi) is 6.13. The molecule has 0 bridgehead atoms. The van der Waals surface area contributed by atoms with Gasteiger partial charge >= 0.3 is 0 Å². The Hall–Kier alpha value is -0.780. The van der Waals surface area contributed by atoms with E-state index in [2.05, 4.69) is 22.6 Å². The highest BCUT2D eigenvalue weighted by Gasteiger charge is 2.11. The fourth-order valence-electron chi connectivity index (χ4n) is 1.87. The maximum Gasteiger partial charge on any atom is 0.118 e. The fraction of sp³-hybridized carbons (Fsp3) is 0.250. The summed E-state index contributed by atoms with van der Waals surface area (Å²) in [5.41, 5.74) is 2.24. The normalized spacial score (nSPS) is 12.2. The summed E-state index contributed by atoms with van der Waals surface area (Å²) in [6.07, 6.45) is 0.0699. The molecule has 106 valence electrons. The lowest BCUT2D eigenvalue weighted by molar-refractivity contribution is 0.0577. The molecule has 0 fully saturated rings. The van der Waals surface area contributed by atoms with Crippen LogP contribution in [0.5, 0.6) is 5.75 Å². The molecule has 0 spiro atoms. The standard InChI is InChI=1S/C16H16ClIO2/c1-19-15-7-5-13(6-8-15)16(10-18)20-11-12-3-2-4-14(17)9-12/h2-9,16H,10-11H2,1H3. The first-order valence-corrected chi connectivity index (χ1v) is 8.19. The smallest absolute Gasteiger partial charge is 0.118 e. The third kappa shape index (κ3) is 4.36. The molecule has 2 aromatic carbocycles. The van der Waals surface area contributed by atoms with Gasteiger partial charge in [0.15, 0.2) is 0 Å². The molecule has 4 heteroatoms. The Morgan fingerprint density at radius 1 is 1.15 bits per heavy atom. The zero-order valence-electron chi connectivity index (χ0n) is 11.2. The fourth-order valence-corrected chi connectivity index (χ4v) is 2.85. The molecule has 2 nitrogen and oxygen atoms in total. The Labute approximate surface area is 138 Å². The van der Waals surface area contributed by atoms with Crippen molar-refractivity contribution in [3.8, 4) is 5.75 Å². The molecule has 0 heterocycles. The molecule has 0 aliphatic rings. The Morgan fingerprint density at radius 3 is 2.50 bits per heavy atom. The maximum atomic E-state index is 5.98. The monoisotopic (exact) mass is 402 g/mol. The van der Waals surface area contributed by atoms with Crippen LogP contribution in [-0.2, 0) is 11.3 Å². The molecule has 0 N–H and O–H groups in total. The van der Waals surface area contributed by atoms with E-state index in [0.717, 1.165) is 26.3 Å². The van der Waals surface area contributed by atoms with E-state index in [-0.39, 0.29) is 6.10 Å². The molecule has 0 aliphatic heterocycles. The summed E-state index contributed by atoms with van der Waals surface area (Å²) >= 11 is 8.31. The van der Waals surface area contributed by atoms with Crippen molar-refractivity contribution in [2.45, 2.75) is 12.7 Å². The van der Waals surface area contributed by atoms with Crippen molar-refractivity contribution in [3.63, 3.8) is 0 Å². The number of ether oxygens (including phenoxy) is 2. The number of hydrogen-bond donors (Lipinski definition) is 0. The van der Waals surface area contributed by atoms with Crippen LogP contribution in [0.1, 0.15) is 17.2 Å². The molecule has 0 saturated carbocycles. The van der Waals surface area contributed by atoms with Crippen LogP contribution < -0.4 is 4.74 Å². The topological polar surface area (TPSA) is 18.5 Å². The predicted octanol–water partition coefficient (Wildman–Crippen LogP) is 5.04. The first kappa shape index (κ1) is 15.6. The summed E-state index contributed by atoms with van der Waals surface area (Å²) in [7, 11) is 1.67. The number of hydrogen-bond acceptors (Lipinski definition) is 2. The highest BCUT2D eigenvalue weighted by atomic mass is 127. The van der Waals surface area contributed by atoms with E-state index in [1.165, 1.54) is 0 Å². The third-order valence-electron chi connectivity index (χ3n) is 2.97. The van der Waals surface area contributed by atoms with Crippen molar-refractivity contribution in [3.05, 3.63) is 64.7 Å². The van der Waals surface area contributed by atoms with Crippen molar-refractivity contribution in [1.82, 2.24) is 0 Å². The summed E-state index contributed by atoms with van der Waals surface area (Å²) in [6.45, 7) is 0.556. The average Bonchev–Trinajstić information content (AvgIpc) is 2.48. The molecule has 0 amide bonds. The van der Waals surface area contributed by atoms with Gasteiger partial charge in [-0.05, 0) is 35.4 Å². The van der Waals surface area contributed by atoms with Gasteiger partial charge in [0, 0.05) is 9.45 Å². The minimum Gasteiger partial charge on any atom is -0.497 e. The van der Waals surface area contributed by atoms with Crippen LogP contribution in [0.25, 0.3) is 0 Å². The lowest BCUT2D eigenvalue weighted by Crippen LogP contribution is -2.06. The van der Waals surface area contributed by atoms with Crippen molar-refractivity contribution < 1.29 is 9.47 Å². The van der Waals surface area contributed by atoms with E-state index in [0.29, 0.717) is 6.61 Å². The molecule has 1 atom stereocenters. The van der Waals surface area contributed by atoms with Crippen LogP contribution in [0.15, 0.2) is 48.5 Å². The number of rotatable bonds is 6. The van der Waals surface area contributed by atoms with Crippen molar-refractivity contribution in [2.75, 3.05) is 11.5 Å². The van der Waals surface area contributed by atoms with Crippen LogP contribution in [0.3, 0.4) is 0 Å². The van der Waals surface area contributed by atoms with Gasteiger partial charge in [0.1, 0.15) is 5.75 Å². The van der Waals surface area contributed by atoms with E-state index in [9.17, 15) is 0 Å². The van der Waals surface area contributed by atoms with Gasteiger partial charge in [0.25, 0.3) is 0 Å². The summed E-state index contributed by atoms with van der Waals surface area (Å²) in [4.78, 5) is 0. The Morgan fingerprint density at radius 2 is 1.90 bits per heavy atom. The lowest BCUT2D eigenvalue weighted by Gasteiger charge is -2.16. The van der Waals surface area contributed by atoms with E-state index in [1.807, 2.05) is 48.5 Å². The lowest BCUT2D eigenvalue weighted by atomic mass is 10.1. The third-order valence-corrected chi connectivity index (χ3v) is 4.00. The zero-order valence-corrected chi connectivity index (χ0v) is 14.1. The molecule has 0 aliphatic carbocycles. The van der Waals surface area contributed by atoms with Crippen molar-refractivity contribution in [2.24, 2.45) is 0 Å². The van der Waals surface area contributed by atoms with Crippen LogP contribution >= 0.6 is 34.2 Å². The number of methoxy groups -OCH3 is 1. The van der Waals surface area contributed by atoms with Crippen LogP contribution in [0.2, 0.25) is 5.02 Å². The number of halogens is 2. The van der Waals surface area contributed by atoms with Gasteiger partial charge in [0.05, 0.1) is 19.8 Å². The van der Waals surface area contributed by atoms with Crippen LogP contribution in [0.4, 0.5) is 0 Å². The molecule has 2 rings (SSSR count). The molecule has 0 aromatic heterocycles. The minimum atomic E-state index is 0.0699. The quantitative estimate of drug-likeness (QED) is 0.498. The SMILES string of the molecule is COc1ccc(C(CI)OCc2cccc(Cl)c2)cc1. The summed E-state index contributed by atoms with van der Waals surface area (Å²) in [5.74, 6) is 0.857. The van der Waals surface area contributed by atoms with Gasteiger partial charge in [-0.15, -0.1) is 0 Å². The Balaban J connectivity index is 2.01. The Bertz CT molecular complexity index is 542. The molecule has 0 radical (unpaired) electrons. The van der Waals surface area contributed by atoms with Gasteiger partial charge in [-0.1, -0.05) is 58.5 Å². The second-order valence-electron chi connectivity index (χ2n) is 4.36. The van der Waals surface area contributed by atoms with Crippen LogP contribution in [-0.4, -0.2) is 11.5 Å². The van der Waals surface area contributed by atoms with Gasteiger partial charge in [-0.3, -0.25) is 0 Å². The molecule has 20 heavy (non-hydrogen) atoms. The van der Waals surface area contributed by atoms with E-state index in [1.54, 1.807) is 7.11 Å². The van der Waals surface area contributed by atoms with E-state index in [4.69, 9.17) is 21.1 Å². The van der Waals surface area contributed by atoms with Gasteiger partial charge in [0.2, 0.25) is 0 Å². The number of benzene rings is 2. The molecule has 2 aromatic rings. The van der Waals surface area contributed by atoms with Crippen LogP contribution in [0, 0.1) is 0 Å². The first-order chi connectivity index (χ1) is 9.72. The predicted molar refractivity (Wildman–Crippen MR) is 90.9 cm³/mol. The van der Waals surface area contributed by atoms with Crippen molar-refractivity contribution >= 4 is 34.2 Å². The highest BCUT2D eigenvalue weighted by Crippen LogP contribution is 2.24. The number of alkyl halides is 1. The van der Waals surface area contributed by atoms with Gasteiger partial charge in [-0.2, -0.15) is 0 Å². The van der Waals surface area contributed by atoms with E-state index >= 15 is 0 Å². The summed E-state index contributed by atoms with van der Waals surface area (Å²) in [5, 5.41) is 0.738. The maximum absolute atomic E-state index is 5.98. The molecular formula is C16H16ClIO2. The zero-order chi connectivity index (χ0) is 14.4. The minimum absolute atomic E-state index is 0.0699.